The van der Waals surface area contributed by atoms with Gasteiger partial charge >= 0.3 is 0 Å². The topological polar surface area (TPSA) is 66.0 Å². The van der Waals surface area contributed by atoms with E-state index >= 15 is 0 Å². The van der Waals surface area contributed by atoms with Crippen LogP contribution < -0.4 is 15.4 Å². The molecule has 1 aromatic carbocycles. The summed E-state index contributed by atoms with van der Waals surface area (Å²) in [5.74, 6) is 1.82. The number of benzene rings is 1. The monoisotopic (exact) mass is 528 g/mol. The second kappa shape index (κ2) is 11.4. The number of fused-ring (bicyclic) bond motifs is 1. The summed E-state index contributed by atoms with van der Waals surface area (Å²) in [6.07, 6.45) is 0.920. The van der Waals surface area contributed by atoms with Gasteiger partial charge in [-0.15, -0.1) is 35.3 Å². The first kappa shape index (κ1) is 23.5. The zero-order valence-electron chi connectivity index (χ0n) is 17.1. The van der Waals surface area contributed by atoms with Gasteiger partial charge in [0.05, 0.1) is 6.61 Å². The van der Waals surface area contributed by atoms with Crippen molar-refractivity contribution < 1.29 is 9.53 Å². The highest BCUT2D eigenvalue weighted by Crippen LogP contribution is 2.35. The molecule has 1 aliphatic heterocycles. The molecule has 1 amide bonds. The van der Waals surface area contributed by atoms with Gasteiger partial charge in [-0.1, -0.05) is 24.3 Å². The number of hydrogen-bond acceptors (Lipinski definition) is 4. The van der Waals surface area contributed by atoms with Crippen molar-refractivity contribution in [1.29, 1.82) is 0 Å². The Kier molecular flexibility index (Phi) is 9.22. The Morgan fingerprint density at radius 1 is 1.31 bits per heavy atom. The molecule has 29 heavy (non-hydrogen) atoms. The quantitative estimate of drug-likeness (QED) is 0.330. The van der Waals surface area contributed by atoms with Crippen LogP contribution in [0.15, 0.2) is 46.8 Å². The molecule has 2 N–H and O–H groups in total. The Morgan fingerprint density at radius 2 is 2.10 bits per heavy atom. The Balaban J connectivity index is 0.00000300. The number of nitrogens with one attached hydrogen (secondary N) is 2. The lowest BCUT2D eigenvalue weighted by atomic mass is 9.94. The van der Waals surface area contributed by atoms with Crippen LogP contribution >= 0.6 is 35.3 Å². The molecule has 1 aromatic heterocycles. The lowest BCUT2D eigenvalue weighted by molar-refractivity contribution is -0.127. The molecule has 0 saturated carbocycles. The fraction of sp³-hybridized carbons (Fsp3) is 0.429. The van der Waals surface area contributed by atoms with Crippen LogP contribution in [-0.2, 0) is 11.2 Å². The molecule has 1 aliphatic rings. The summed E-state index contributed by atoms with van der Waals surface area (Å²) >= 11 is 1.75. The van der Waals surface area contributed by atoms with Crippen molar-refractivity contribution in [2.45, 2.75) is 25.3 Å². The minimum absolute atomic E-state index is 0. The second-order valence-corrected chi connectivity index (χ2v) is 8.13. The van der Waals surface area contributed by atoms with Crippen molar-refractivity contribution in [3.05, 3.63) is 52.2 Å². The molecule has 2 unspecified atom stereocenters. The molecule has 2 atom stereocenters. The van der Waals surface area contributed by atoms with Crippen LogP contribution in [0.4, 0.5) is 0 Å². The highest BCUT2D eigenvalue weighted by molar-refractivity contribution is 14.0. The standard InChI is InChI=1S/C21H28N4O2S.HI/c1-15(18-14-27-19-9-5-4-8-17(18)19)24-21(23-13-20(26)25(2)3)22-11-10-16-7-6-12-28-16;/h4-9,12,15,18H,10-11,13-14H2,1-3H3,(H2,22,23,24);1H. The molecule has 158 valence electrons. The molecule has 2 aromatic rings. The van der Waals surface area contributed by atoms with Crippen molar-refractivity contribution in [3.8, 4) is 5.75 Å². The van der Waals surface area contributed by atoms with Gasteiger partial charge < -0.3 is 20.3 Å². The maximum absolute atomic E-state index is 12.0. The summed E-state index contributed by atoms with van der Waals surface area (Å²) in [6.45, 7) is 3.64. The van der Waals surface area contributed by atoms with Gasteiger partial charge in [0.15, 0.2) is 5.96 Å². The van der Waals surface area contributed by atoms with Gasteiger partial charge in [0.2, 0.25) is 5.91 Å². The minimum atomic E-state index is -0.0263. The Hall–Kier alpha value is -1.81. The molecule has 2 heterocycles. The molecule has 0 radical (unpaired) electrons. The number of guanidine groups is 1. The van der Waals surface area contributed by atoms with Crippen LogP contribution in [0.5, 0.6) is 5.75 Å². The second-order valence-electron chi connectivity index (χ2n) is 7.10. The maximum atomic E-state index is 12.0. The number of thiophene rings is 1. The number of carbonyl (C=O) groups is 1. The lowest BCUT2D eigenvalue weighted by Gasteiger charge is -2.23. The van der Waals surface area contributed by atoms with Crippen molar-refractivity contribution in [2.75, 3.05) is 33.8 Å². The van der Waals surface area contributed by atoms with Gasteiger partial charge in [-0.05, 0) is 30.9 Å². The number of rotatable bonds is 7. The smallest absolute Gasteiger partial charge is 0.243 e. The number of aliphatic imine (C=N–C) groups is 1. The number of nitrogens with zero attached hydrogens (tertiary/aromatic N) is 2. The highest BCUT2D eigenvalue weighted by atomic mass is 127. The number of hydrogen-bond donors (Lipinski definition) is 2. The van der Waals surface area contributed by atoms with Gasteiger partial charge in [-0.2, -0.15) is 0 Å². The summed E-state index contributed by atoms with van der Waals surface area (Å²) in [7, 11) is 3.48. The average Bonchev–Trinajstić information content (AvgIpc) is 3.35. The van der Waals surface area contributed by atoms with E-state index in [-0.39, 0.29) is 48.4 Å². The molecule has 0 aliphatic carbocycles. The summed E-state index contributed by atoms with van der Waals surface area (Å²) in [5, 5.41) is 8.91. The van der Waals surface area contributed by atoms with Gasteiger partial charge in [-0.3, -0.25) is 4.79 Å². The van der Waals surface area contributed by atoms with E-state index in [0.717, 1.165) is 18.7 Å². The van der Waals surface area contributed by atoms with Crippen molar-refractivity contribution in [1.82, 2.24) is 15.5 Å². The molecule has 0 bridgehead atoms. The third-order valence-corrected chi connectivity index (χ3v) is 5.76. The molecular formula is C21H29IN4O2S. The first-order valence-electron chi connectivity index (χ1n) is 9.53. The van der Waals surface area contributed by atoms with Gasteiger partial charge in [-0.25, -0.2) is 4.99 Å². The van der Waals surface area contributed by atoms with E-state index in [0.29, 0.717) is 12.6 Å². The third-order valence-electron chi connectivity index (χ3n) is 4.82. The van der Waals surface area contributed by atoms with Gasteiger partial charge in [0.1, 0.15) is 12.3 Å². The Labute approximate surface area is 193 Å². The predicted molar refractivity (Wildman–Crippen MR) is 130 cm³/mol. The molecule has 0 fully saturated rings. The number of para-hydroxylation sites is 1. The van der Waals surface area contributed by atoms with Crippen LogP contribution in [0.3, 0.4) is 0 Å². The van der Waals surface area contributed by atoms with E-state index in [1.54, 1.807) is 30.3 Å². The number of likely N-dealkylation sites (N-methyl/N-ethyl adjacent to an activating group) is 1. The van der Waals surface area contributed by atoms with Crippen LogP contribution in [-0.4, -0.2) is 56.6 Å². The molecule has 0 spiro atoms. The minimum Gasteiger partial charge on any atom is -0.493 e. The molecule has 0 saturated heterocycles. The first-order valence-corrected chi connectivity index (χ1v) is 10.4. The van der Waals surface area contributed by atoms with E-state index < -0.39 is 0 Å². The van der Waals surface area contributed by atoms with Gasteiger partial charge in [0, 0.05) is 43.0 Å². The Morgan fingerprint density at radius 3 is 2.83 bits per heavy atom. The summed E-state index contributed by atoms with van der Waals surface area (Å²) in [6, 6.07) is 12.5. The van der Waals surface area contributed by atoms with E-state index in [1.807, 2.05) is 18.2 Å². The first-order chi connectivity index (χ1) is 13.5. The normalized spacial score (nSPS) is 16.2. The molecule has 8 heteroatoms. The number of carbonyl (C=O) groups excluding carboxylic acids is 1. The van der Waals surface area contributed by atoms with E-state index in [4.69, 9.17) is 4.74 Å². The van der Waals surface area contributed by atoms with Crippen molar-refractivity contribution >= 4 is 47.2 Å². The van der Waals surface area contributed by atoms with Crippen molar-refractivity contribution in [3.63, 3.8) is 0 Å². The molecule has 3 rings (SSSR count). The lowest BCUT2D eigenvalue weighted by Crippen LogP contribution is -2.46. The van der Waals surface area contributed by atoms with Crippen LogP contribution in [0.25, 0.3) is 0 Å². The maximum Gasteiger partial charge on any atom is 0.243 e. The fourth-order valence-electron chi connectivity index (χ4n) is 3.12. The van der Waals surface area contributed by atoms with E-state index in [2.05, 4.69) is 46.1 Å². The zero-order valence-corrected chi connectivity index (χ0v) is 20.2. The summed E-state index contributed by atoms with van der Waals surface area (Å²) < 4.78 is 5.81. The van der Waals surface area contributed by atoms with Crippen LogP contribution in [0, 0.1) is 0 Å². The number of halogens is 1. The SMILES string of the molecule is CC(NC(=NCC(=O)N(C)C)NCCc1cccs1)C1COc2ccccc21.I. The number of ether oxygens (including phenoxy) is 1. The zero-order chi connectivity index (χ0) is 19.9. The molecule has 6 nitrogen and oxygen atoms in total. The summed E-state index contributed by atoms with van der Waals surface area (Å²) in [5.41, 5.74) is 1.21. The van der Waals surface area contributed by atoms with E-state index in [1.165, 1.54) is 10.4 Å². The van der Waals surface area contributed by atoms with E-state index in [9.17, 15) is 4.79 Å². The molecular weight excluding hydrogens is 499 g/mol. The third kappa shape index (κ3) is 6.60. The highest BCUT2D eigenvalue weighted by Gasteiger charge is 2.29. The van der Waals surface area contributed by atoms with Crippen LogP contribution in [0.1, 0.15) is 23.3 Å². The van der Waals surface area contributed by atoms with Crippen molar-refractivity contribution in [2.24, 2.45) is 4.99 Å². The van der Waals surface area contributed by atoms with Crippen LogP contribution in [0.2, 0.25) is 0 Å². The summed E-state index contributed by atoms with van der Waals surface area (Å²) in [4.78, 5) is 19.3. The largest absolute Gasteiger partial charge is 0.493 e. The fourth-order valence-corrected chi connectivity index (χ4v) is 3.83. The predicted octanol–water partition coefficient (Wildman–Crippen LogP) is 3.10. The number of amides is 1. The average molecular weight is 528 g/mol. The van der Waals surface area contributed by atoms with Gasteiger partial charge in [0.25, 0.3) is 0 Å². The Bertz CT molecular complexity index is 811.